The largest absolute Gasteiger partial charge is 0.326 e. The number of carbonyl (C=O) groups is 1. The maximum Gasteiger partial charge on any atom is 0.273 e. The Bertz CT molecular complexity index is 604. The lowest BCUT2D eigenvalue weighted by Crippen LogP contribution is -2.18. The van der Waals surface area contributed by atoms with E-state index in [4.69, 9.17) is 5.73 Å². The summed E-state index contributed by atoms with van der Waals surface area (Å²) in [4.78, 5) is 29.3. The molecule has 6 nitrogen and oxygen atoms in total. The standard InChI is InChI=1S/C12H12N4O2/c13-6-8-4-5-10(14-7-8)16-12(18)9-2-1-3-11(17)15-9/h1-5,7H,6,13H2,(H,15,17)(H,14,16,18). The Balaban J connectivity index is 2.13. The molecule has 0 radical (unpaired) electrons. The van der Waals surface area contributed by atoms with Gasteiger partial charge in [-0.25, -0.2) is 4.98 Å². The zero-order valence-corrected chi connectivity index (χ0v) is 9.51. The molecule has 0 fully saturated rings. The molecule has 2 heterocycles. The Morgan fingerprint density at radius 1 is 1.33 bits per heavy atom. The number of aromatic nitrogens is 2. The second kappa shape index (κ2) is 5.24. The van der Waals surface area contributed by atoms with Gasteiger partial charge < -0.3 is 16.0 Å². The van der Waals surface area contributed by atoms with Gasteiger partial charge >= 0.3 is 0 Å². The summed E-state index contributed by atoms with van der Waals surface area (Å²) < 4.78 is 0. The first-order valence-corrected chi connectivity index (χ1v) is 5.35. The Labute approximate surface area is 103 Å². The van der Waals surface area contributed by atoms with Crippen molar-refractivity contribution in [2.75, 3.05) is 5.32 Å². The molecule has 6 heteroatoms. The highest BCUT2D eigenvalue weighted by Crippen LogP contribution is 2.05. The van der Waals surface area contributed by atoms with Gasteiger partial charge in [0.25, 0.3) is 5.91 Å². The molecule has 0 saturated carbocycles. The highest BCUT2D eigenvalue weighted by molar-refractivity contribution is 6.02. The maximum absolute atomic E-state index is 11.8. The SMILES string of the molecule is NCc1ccc(NC(=O)c2cccc(=O)[nH]2)nc1. The molecule has 0 aliphatic heterocycles. The van der Waals surface area contributed by atoms with Gasteiger partial charge in [-0.15, -0.1) is 0 Å². The van der Waals surface area contributed by atoms with Gasteiger partial charge in [-0.2, -0.15) is 0 Å². The average Bonchev–Trinajstić information content (AvgIpc) is 2.39. The Morgan fingerprint density at radius 3 is 2.78 bits per heavy atom. The molecule has 92 valence electrons. The molecular weight excluding hydrogens is 232 g/mol. The lowest BCUT2D eigenvalue weighted by molar-refractivity contribution is 0.102. The van der Waals surface area contributed by atoms with Crippen molar-refractivity contribution in [3.8, 4) is 0 Å². The molecule has 0 unspecified atom stereocenters. The quantitative estimate of drug-likeness (QED) is 0.731. The van der Waals surface area contributed by atoms with Crippen molar-refractivity contribution < 1.29 is 4.79 Å². The van der Waals surface area contributed by atoms with Crippen LogP contribution in [0.3, 0.4) is 0 Å². The highest BCUT2D eigenvalue weighted by atomic mass is 16.2. The molecular formula is C12H12N4O2. The number of aromatic amines is 1. The minimum Gasteiger partial charge on any atom is -0.326 e. The number of nitrogens with one attached hydrogen (secondary N) is 2. The number of nitrogens with two attached hydrogens (primary N) is 1. The van der Waals surface area contributed by atoms with Crippen molar-refractivity contribution in [2.24, 2.45) is 5.73 Å². The van der Waals surface area contributed by atoms with Gasteiger partial charge in [0.2, 0.25) is 5.56 Å². The van der Waals surface area contributed by atoms with Crippen LogP contribution in [0.4, 0.5) is 5.82 Å². The fraction of sp³-hybridized carbons (Fsp3) is 0.0833. The van der Waals surface area contributed by atoms with Crippen molar-refractivity contribution in [3.05, 3.63) is 58.1 Å². The smallest absolute Gasteiger partial charge is 0.273 e. The highest BCUT2D eigenvalue weighted by Gasteiger charge is 2.07. The van der Waals surface area contributed by atoms with E-state index >= 15 is 0 Å². The van der Waals surface area contributed by atoms with Gasteiger partial charge in [-0.05, 0) is 17.7 Å². The average molecular weight is 244 g/mol. The van der Waals surface area contributed by atoms with E-state index in [9.17, 15) is 9.59 Å². The number of H-pyrrole nitrogens is 1. The van der Waals surface area contributed by atoms with E-state index < -0.39 is 5.91 Å². The molecule has 1 amide bonds. The Hall–Kier alpha value is -2.47. The third-order valence-corrected chi connectivity index (χ3v) is 2.32. The van der Waals surface area contributed by atoms with Gasteiger partial charge in [-0.3, -0.25) is 9.59 Å². The van der Waals surface area contributed by atoms with E-state index in [1.165, 1.54) is 18.2 Å². The molecule has 0 aliphatic rings. The van der Waals surface area contributed by atoms with E-state index in [1.807, 2.05) is 0 Å². The number of hydrogen-bond donors (Lipinski definition) is 3. The number of amides is 1. The molecule has 0 atom stereocenters. The summed E-state index contributed by atoms with van der Waals surface area (Å²) in [5, 5.41) is 2.58. The monoisotopic (exact) mass is 244 g/mol. The van der Waals surface area contributed by atoms with Crippen LogP contribution in [-0.4, -0.2) is 15.9 Å². The van der Waals surface area contributed by atoms with E-state index in [0.29, 0.717) is 12.4 Å². The number of hydrogen-bond acceptors (Lipinski definition) is 4. The molecule has 0 aromatic carbocycles. The number of pyridine rings is 2. The fourth-order valence-corrected chi connectivity index (χ4v) is 1.38. The van der Waals surface area contributed by atoms with Crippen LogP contribution >= 0.6 is 0 Å². The van der Waals surface area contributed by atoms with Gasteiger partial charge in [0.05, 0.1) is 0 Å². The van der Waals surface area contributed by atoms with Crippen molar-refractivity contribution in [1.82, 2.24) is 9.97 Å². The third-order valence-electron chi connectivity index (χ3n) is 2.32. The molecule has 0 aliphatic carbocycles. The minimum absolute atomic E-state index is 0.187. The summed E-state index contributed by atoms with van der Waals surface area (Å²) in [6.45, 7) is 0.396. The molecule has 18 heavy (non-hydrogen) atoms. The molecule has 4 N–H and O–H groups in total. The molecule has 0 saturated heterocycles. The number of nitrogens with zero attached hydrogens (tertiary/aromatic N) is 1. The minimum atomic E-state index is -0.416. The van der Waals surface area contributed by atoms with Crippen LogP contribution in [-0.2, 0) is 6.54 Å². The zero-order valence-electron chi connectivity index (χ0n) is 9.51. The number of carbonyl (C=O) groups excluding carboxylic acids is 1. The van der Waals surface area contributed by atoms with E-state index in [-0.39, 0.29) is 11.3 Å². The predicted octanol–water partition coefficient (Wildman–Crippen LogP) is 0.481. The normalized spacial score (nSPS) is 10.1. The molecule has 2 aromatic rings. The number of rotatable bonds is 3. The summed E-state index contributed by atoms with van der Waals surface area (Å²) in [6, 6.07) is 7.80. The topological polar surface area (TPSA) is 101 Å². The van der Waals surface area contributed by atoms with Gasteiger partial charge in [0.1, 0.15) is 11.5 Å². The molecule has 2 aromatic heterocycles. The zero-order chi connectivity index (χ0) is 13.0. The van der Waals surface area contributed by atoms with E-state index in [0.717, 1.165) is 5.56 Å². The van der Waals surface area contributed by atoms with E-state index in [1.54, 1.807) is 18.3 Å². The summed E-state index contributed by atoms with van der Waals surface area (Å²) in [7, 11) is 0. The van der Waals surface area contributed by atoms with Crippen LogP contribution in [0.1, 0.15) is 16.1 Å². The second-order valence-electron chi connectivity index (χ2n) is 3.64. The summed E-state index contributed by atoms with van der Waals surface area (Å²) in [5.41, 5.74) is 6.18. The van der Waals surface area contributed by atoms with Crippen LogP contribution in [0.2, 0.25) is 0 Å². The summed E-state index contributed by atoms with van der Waals surface area (Å²) in [5.74, 6) is -0.0115. The molecule has 0 bridgehead atoms. The van der Waals surface area contributed by atoms with Crippen molar-refractivity contribution in [1.29, 1.82) is 0 Å². The Kier molecular flexibility index (Phi) is 3.49. The van der Waals surface area contributed by atoms with E-state index in [2.05, 4.69) is 15.3 Å². The third kappa shape index (κ3) is 2.80. The summed E-state index contributed by atoms with van der Waals surface area (Å²) in [6.07, 6.45) is 1.59. The van der Waals surface area contributed by atoms with Gasteiger partial charge in [0, 0.05) is 18.8 Å². The predicted molar refractivity (Wildman–Crippen MR) is 67.1 cm³/mol. The lowest BCUT2D eigenvalue weighted by atomic mass is 10.3. The maximum atomic E-state index is 11.8. The van der Waals surface area contributed by atoms with Crippen LogP contribution in [0.25, 0.3) is 0 Å². The first kappa shape index (κ1) is 12.0. The van der Waals surface area contributed by atoms with Crippen LogP contribution < -0.4 is 16.6 Å². The molecule has 0 spiro atoms. The Morgan fingerprint density at radius 2 is 2.17 bits per heavy atom. The second-order valence-corrected chi connectivity index (χ2v) is 3.64. The van der Waals surface area contributed by atoms with Gasteiger partial charge in [-0.1, -0.05) is 12.1 Å². The van der Waals surface area contributed by atoms with Crippen LogP contribution in [0.5, 0.6) is 0 Å². The van der Waals surface area contributed by atoms with Crippen molar-refractivity contribution in [3.63, 3.8) is 0 Å². The fourth-order valence-electron chi connectivity index (χ4n) is 1.38. The van der Waals surface area contributed by atoms with Gasteiger partial charge in [0.15, 0.2) is 0 Å². The number of anilines is 1. The lowest BCUT2D eigenvalue weighted by Gasteiger charge is -2.04. The van der Waals surface area contributed by atoms with Crippen LogP contribution in [0, 0.1) is 0 Å². The van der Waals surface area contributed by atoms with Crippen molar-refractivity contribution in [2.45, 2.75) is 6.54 Å². The molecule has 2 rings (SSSR count). The first-order valence-electron chi connectivity index (χ1n) is 5.35. The van der Waals surface area contributed by atoms with Crippen molar-refractivity contribution >= 4 is 11.7 Å². The first-order chi connectivity index (χ1) is 8.69. The summed E-state index contributed by atoms with van der Waals surface area (Å²) >= 11 is 0. The van der Waals surface area contributed by atoms with Crippen LogP contribution in [0.15, 0.2) is 41.3 Å².